The molecule has 1 aliphatic heterocycles. The van der Waals surface area contributed by atoms with E-state index in [1.807, 2.05) is 24.3 Å². The minimum Gasteiger partial charge on any atom is -0.288 e. The molecule has 3 nitrogen and oxygen atoms in total. The van der Waals surface area contributed by atoms with Gasteiger partial charge >= 0.3 is 0 Å². The molecule has 0 aromatic heterocycles. The fraction of sp³-hybridized carbons (Fsp3) is 0. The van der Waals surface area contributed by atoms with Gasteiger partial charge in [0, 0.05) is 37.6 Å². The number of nitrogens with one attached hydrogen (secondary N) is 1. The van der Waals surface area contributed by atoms with Gasteiger partial charge in [-0.05, 0) is 17.5 Å². The molecule has 2 aromatic carbocycles. The van der Waals surface area contributed by atoms with Crippen LogP contribution < -0.4 is 5.32 Å². The van der Waals surface area contributed by atoms with E-state index in [-0.39, 0.29) is 32.9 Å². The summed E-state index contributed by atoms with van der Waals surface area (Å²) in [4.78, 5) is 23.1. The van der Waals surface area contributed by atoms with E-state index in [9.17, 15) is 9.59 Å². The summed E-state index contributed by atoms with van der Waals surface area (Å²) in [5.41, 5.74) is 1.14. The van der Waals surface area contributed by atoms with Crippen LogP contribution in [0.3, 0.4) is 0 Å². The molecule has 0 fully saturated rings. The molecule has 0 unspecified atom stereocenters. The van der Waals surface area contributed by atoms with Crippen LogP contribution in [-0.4, -0.2) is 11.8 Å². The normalized spacial score (nSPS) is 13.2. The molecule has 1 heterocycles. The van der Waals surface area contributed by atoms with E-state index in [1.165, 1.54) is 0 Å². The van der Waals surface area contributed by atoms with Gasteiger partial charge in [-0.3, -0.25) is 14.9 Å². The number of benzene rings is 2. The molecule has 82 valence electrons. The van der Waals surface area contributed by atoms with Crippen molar-refractivity contribution in [2.75, 3.05) is 0 Å². The Bertz CT molecular complexity index is 558. The van der Waals surface area contributed by atoms with Crippen molar-refractivity contribution in [1.29, 1.82) is 0 Å². The van der Waals surface area contributed by atoms with Gasteiger partial charge in [0.25, 0.3) is 11.8 Å². The van der Waals surface area contributed by atoms with Gasteiger partial charge in [0.05, 0.1) is 0 Å². The average molecular weight is 392 g/mol. The Hall–Kier alpha value is -1.47. The summed E-state index contributed by atoms with van der Waals surface area (Å²) < 4.78 is 0. The van der Waals surface area contributed by atoms with Gasteiger partial charge in [0.1, 0.15) is 0 Å². The molecule has 0 saturated carbocycles. The Morgan fingerprint density at radius 3 is 1.81 bits per heavy atom. The molecule has 0 bridgehead atoms. The van der Waals surface area contributed by atoms with E-state index in [0.717, 1.165) is 10.8 Å². The maximum atomic E-state index is 11.6. The molecule has 16 heavy (non-hydrogen) atoms. The zero-order valence-electron chi connectivity index (χ0n) is 8.10. The van der Waals surface area contributed by atoms with E-state index in [2.05, 4.69) is 5.32 Å². The fourth-order valence-electron chi connectivity index (χ4n) is 1.96. The van der Waals surface area contributed by atoms with Crippen LogP contribution in [0, 0.1) is 0 Å². The van der Waals surface area contributed by atoms with Gasteiger partial charge in [-0.15, -0.1) is 0 Å². The number of hydrogen-bond donors (Lipinski definition) is 1. The molecule has 2 aromatic rings. The van der Waals surface area contributed by atoms with Crippen LogP contribution in [-0.2, 0) is 21.1 Å². The second-order valence-electron chi connectivity index (χ2n) is 3.49. The zero-order valence-corrected chi connectivity index (χ0v) is 10.4. The third-order valence-corrected chi connectivity index (χ3v) is 2.62. The molecule has 3 rings (SSSR count). The molecule has 4 heteroatoms. The largest absolute Gasteiger partial charge is 0.288 e. The smallest absolute Gasteiger partial charge is 0.258 e. The van der Waals surface area contributed by atoms with Crippen LogP contribution >= 0.6 is 0 Å². The molecular formula is C12H7NO2Pt. The number of amides is 2. The van der Waals surface area contributed by atoms with E-state index in [4.69, 9.17) is 0 Å². The second kappa shape index (κ2) is 3.84. The molecule has 1 aliphatic rings. The van der Waals surface area contributed by atoms with Crippen molar-refractivity contribution in [1.82, 2.24) is 5.32 Å². The van der Waals surface area contributed by atoms with Crippen molar-refractivity contribution in [2.45, 2.75) is 0 Å². The summed E-state index contributed by atoms with van der Waals surface area (Å²) in [5.74, 6) is -0.631. The summed E-state index contributed by atoms with van der Waals surface area (Å²) in [6, 6.07) is 10.9. The molecular weight excluding hydrogens is 385 g/mol. The molecule has 0 radical (unpaired) electrons. The summed E-state index contributed by atoms with van der Waals surface area (Å²) in [6.45, 7) is 0. The average Bonchev–Trinajstić information content (AvgIpc) is 2.25. The van der Waals surface area contributed by atoms with Crippen molar-refractivity contribution in [3.63, 3.8) is 0 Å². The molecule has 0 spiro atoms. The number of hydrogen-bond acceptors (Lipinski definition) is 2. The van der Waals surface area contributed by atoms with E-state index in [0.29, 0.717) is 11.1 Å². The summed E-state index contributed by atoms with van der Waals surface area (Å²) in [6.07, 6.45) is 0. The van der Waals surface area contributed by atoms with Crippen molar-refractivity contribution in [3.05, 3.63) is 47.5 Å². The second-order valence-corrected chi connectivity index (χ2v) is 3.49. The first kappa shape index (κ1) is 11.0. The Labute approximate surface area is 106 Å². The molecule has 0 saturated heterocycles. The third kappa shape index (κ3) is 1.40. The van der Waals surface area contributed by atoms with Gasteiger partial charge in [-0.2, -0.15) is 0 Å². The number of carbonyl (C=O) groups is 2. The fourth-order valence-corrected chi connectivity index (χ4v) is 1.96. The van der Waals surface area contributed by atoms with Crippen LogP contribution in [0.4, 0.5) is 0 Å². The Balaban J connectivity index is 0.000000963. The number of imide groups is 1. The SMILES string of the molecule is O=C1NC(=O)c2cccc3cccc1c23.[Pt]. The van der Waals surface area contributed by atoms with Gasteiger partial charge in [0.15, 0.2) is 0 Å². The Morgan fingerprint density at radius 2 is 1.31 bits per heavy atom. The monoisotopic (exact) mass is 392 g/mol. The quantitative estimate of drug-likeness (QED) is 0.695. The maximum absolute atomic E-state index is 11.6. The van der Waals surface area contributed by atoms with Gasteiger partial charge in [0.2, 0.25) is 0 Å². The van der Waals surface area contributed by atoms with Crippen LogP contribution in [0.15, 0.2) is 36.4 Å². The van der Waals surface area contributed by atoms with Crippen molar-refractivity contribution in [2.24, 2.45) is 0 Å². The van der Waals surface area contributed by atoms with Crippen molar-refractivity contribution in [3.8, 4) is 0 Å². The molecule has 0 aliphatic carbocycles. The number of rotatable bonds is 0. The third-order valence-electron chi connectivity index (χ3n) is 2.62. The van der Waals surface area contributed by atoms with E-state index in [1.54, 1.807) is 12.1 Å². The molecule has 2 amide bonds. The van der Waals surface area contributed by atoms with Crippen molar-refractivity contribution < 1.29 is 30.7 Å². The standard InChI is InChI=1S/C12H7NO2.Pt/c14-11-8-5-1-3-7-4-2-6-9(10(7)8)12(15)13-11;/h1-6H,(H,13,14,15);. The first-order chi connectivity index (χ1) is 7.27. The topological polar surface area (TPSA) is 46.2 Å². The predicted octanol–water partition coefficient (Wildman–Crippen LogP) is 1.72. The Kier molecular flexibility index (Phi) is 2.64. The first-order valence-electron chi connectivity index (χ1n) is 4.65. The van der Waals surface area contributed by atoms with E-state index < -0.39 is 0 Å². The van der Waals surface area contributed by atoms with Gasteiger partial charge in [-0.25, -0.2) is 0 Å². The van der Waals surface area contributed by atoms with Crippen LogP contribution in [0.1, 0.15) is 20.7 Å². The van der Waals surface area contributed by atoms with Crippen LogP contribution in [0.25, 0.3) is 10.8 Å². The van der Waals surface area contributed by atoms with Gasteiger partial charge < -0.3 is 0 Å². The number of carbonyl (C=O) groups excluding carboxylic acids is 2. The summed E-state index contributed by atoms with van der Waals surface area (Å²) in [7, 11) is 0. The van der Waals surface area contributed by atoms with E-state index >= 15 is 0 Å². The zero-order chi connectivity index (χ0) is 10.4. The minimum absolute atomic E-state index is 0. The minimum atomic E-state index is -0.315. The summed E-state index contributed by atoms with van der Waals surface area (Å²) in [5, 5.41) is 4.00. The maximum Gasteiger partial charge on any atom is 0.258 e. The summed E-state index contributed by atoms with van der Waals surface area (Å²) >= 11 is 0. The molecule has 1 N–H and O–H groups in total. The molecule has 0 atom stereocenters. The first-order valence-corrected chi connectivity index (χ1v) is 4.65. The van der Waals surface area contributed by atoms with Crippen LogP contribution in [0.2, 0.25) is 0 Å². The van der Waals surface area contributed by atoms with Crippen molar-refractivity contribution >= 4 is 22.6 Å². The van der Waals surface area contributed by atoms with Gasteiger partial charge in [-0.1, -0.05) is 24.3 Å². The van der Waals surface area contributed by atoms with Crippen LogP contribution in [0.5, 0.6) is 0 Å². The predicted molar refractivity (Wildman–Crippen MR) is 55.7 cm³/mol. The Morgan fingerprint density at radius 1 is 0.812 bits per heavy atom.